The van der Waals surface area contributed by atoms with Gasteiger partial charge in [0.1, 0.15) is 0 Å². The molecule has 0 fully saturated rings. The molecule has 0 heterocycles. The highest BCUT2D eigenvalue weighted by atomic mass is 16.4. The summed E-state index contributed by atoms with van der Waals surface area (Å²) >= 11 is 0. The molecular weight excluding hydrogens is 172 g/mol. The van der Waals surface area contributed by atoms with Crippen molar-refractivity contribution in [2.45, 2.75) is 38.3 Å². The Morgan fingerprint density at radius 1 is 1.62 bits per heavy atom. The Morgan fingerprint density at radius 3 is 2.62 bits per heavy atom. The highest BCUT2D eigenvalue weighted by Crippen LogP contribution is 2.04. The third-order valence-electron chi connectivity index (χ3n) is 1.88. The molecule has 0 saturated carbocycles. The number of aliphatic hydroxyl groups excluding tert-OH is 1. The lowest BCUT2D eigenvalue weighted by molar-refractivity contribution is 0.120. The molecule has 78 valence electrons. The number of nitrogens with one attached hydrogen (secondary N) is 1. The number of unbranched alkanes of at least 4 members (excludes halogenated alkanes) is 1. The second-order valence-electron chi connectivity index (χ2n) is 3.00. The molecule has 0 aliphatic carbocycles. The fraction of sp³-hybridized carbons (Fsp3) is 0.875. The largest absolute Gasteiger partial charge is 0.465 e. The maximum atomic E-state index is 10.3. The number of carboxylic acid groups (broad SMARTS) is 1. The lowest BCUT2D eigenvalue weighted by Crippen LogP contribution is -2.45. The minimum absolute atomic E-state index is 0.0780. The smallest absolute Gasteiger partial charge is 0.404 e. The van der Waals surface area contributed by atoms with Crippen LogP contribution < -0.4 is 11.1 Å². The van der Waals surface area contributed by atoms with E-state index < -0.39 is 18.2 Å². The Kier molecular flexibility index (Phi) is 6.26. The first kappa shape index (κ1) is 12.2. The topological polar surface area (TPSA) is 95.6 Å². The quantitative estimate of drug-likeness (QED) is 0.479. The second-order valence-corrected chi connectivity index (χ2v) is 3.00. The SMILES string of the molecule is CCCC[C@H](NC(=O)O)[C@@H](O)CN. The monoisotopic (exact) mass is 190 g/mol. The van der Waals surface area contributed by atoms with Gasteiger partial charge in [-0.05, 0) is 6.42 Å². The van der Waals surface area contributed by atoms with Crippen LogP contribution in [0.4, 0.5) is 4.79 Å². The molecule has 0 spiro atoms. The Bertz CT molecular complexity index is 152. The molecule has 0 aliphatic rings. The summed E-state index contributed by atoms with van der Waals surface area (Å²) < 4.78 is 0. The zero-order valence-corrected chi connectivity index (χ0v) is 7.86. The summed E-state index contributed by atoms with van der Waals surface area (Å²) in [6.07, 6.45) is 0.564. The standard InChI is InChI=1S/C8H18N2O3/c1-2-3-4-6(7(11)5-9)10-8(12)13/h6-7,10-11H,2-5,9H2,1H3,(H,12,13)/t6-,7-/m0/s1. The molecule has 0 saturated heterocycles. The first-order chi connectivity index (χ1) is 6.11. The van der Waals surface area contributed by atoms with Crippen LogP contribution >= 0.6 is 0 Å². The van der Waals surface area contributed by atoms with Crippen LogP contribution in [0.3, 0.4) is 0 Å². The van der Waals surface area contributed by atoms with Crippen molar-refractivity contribution in [1.29, 1.82) is 0 Å². The van der Waals surface area contributed by atoms with Crippen molar-refractivity contribution < 1.29 is 15.0 Å². The zero-order chi connectivity index (χ0) is 10.3. The number of hydrogen-bond acceptors (Lipinski definition) is 3. The van der Waals surface area contributed by atoms with Crippen molar-refractivity contribution in [2.24, 2.45) is 5.73 Å². The van der Waals surface area contributed by atoms with Gasteiger partial charge in [-0.25, -0.2) is 4.79 Å². The number of rotatable bonds is 6. The lowest BCUT2D eigenvalue weighted by Gasteiger charge is -2.21. The first-order valence-electron chi connectivity index (χ1n) is 4.49. The molecule has 0 aromatic rings. The van der Waals surface area contributed by atoms with Crippen LogP contribution in [0.2, 0.25) is 0 Å². The maximum Gasteiger partial charge on any atom is 0.404 e. The van der Waals surface area contributed by atoms with Gasteiger partial charge in [0, 0.05) is 6.54 Å². The average Bonchev–Trinajstić information content (AvgIpc) is 2.10. The van der Waals surface area contributed by atoms with Crippen molar-refractivity contribution in [1.82, 2.24) is 5.32 Å². The molecule has 0 aliphatic heterocycles. The summed E-state index contributed by atoms with van der Waals surface area (Å²) in [6, 6.07) is -0.442. The molecule has 5 N–H and O–H groups in total. The molecule has 0 radical (unpaired) electrons. The molecule has 0 aromatic heterocycles. The second kappa shape index (κ2) is 6.68. The lowest BCUT2D eigenvalue weighted by atomic mass is 10.0. The van der Waals surface area contributed by atoms with E-state index in [-0.39, 0.29) is 6.54 Å². The van der Waals surface area contributed by atoms with Gasteiger partial charge < -0.3 is 21.3 Å². The van der Waals surface area contributed by atoms with Gasteiger partial charge in [0.2, 0.25) is 0 Å². The highest BCUT2D eigenvalue weighted by Gasteiger charge is 2.18. The number of nitrogens with two attached hydrogens (primary N) is 1. The van der Waals surface area contributed by atoms with Crippen molar-refractivity contribution in [3.63, 3.8) is 0 Å². The van der Waals surface area contributed by atoms with Crippen LogP contribution in [0.25, 0.3) is 0 Å². The van der Waals surface area contributed by atoms with E-state index in [2.05, 4.69) is 5.32 Å². The van der Waals surface area contributed by atoms with Gasteiger partial charge in [0.15, 0.2) is 0 Å². The fourth-order valence-electron chi connectivity index (χ4n) is 1.11. The number of carbonyl (C=O) groups is 1. The van der Waals surface area contributed by atoms with Crippen LogP contribution in [0.15, 0.2) is 0 Å². The van der Waals surface area contributed by atoms with Gasteiger partial charge in [0.25, 0.3) is 0 Å². The summed E-state index contributed by atoms with van der Waals surface area (Å²) in [7, 11) is 0. The van der Waals surface area contributed by atoms with Gasteiger partial charge in [-0.15, -0.1) is 0 Å². The van der Waals surface area contributed by atoms with Gasteiger partial charge in [-0.3, -0.25) is 0 Å². The third-order valence-corrected chi connectivity index (χ3v) is 1.88. The minimum Gasteiger partial charge on any atom is -0.465 e. The Morgan fingerprint density at radius 2 is 2.23 bits per heavy atom. The fourth-order valence-corrected chi connectivity index (χ4v) is 1.11. The van der Waals surface area contributed by atoms with Gasteiger partial charge >= 0.3 is 6.09 Å². The Hall–Kier alpha value is -0.810. The highest BCUT2D eigenvalue weighted by molar-refractivity contribution is 5.64. The molecule has 5 nitrogen and oxygen atoms in total. The maximum absolute atomic E-state index is 10.3. The Labute approximate surface area is 77.9 Å². The molecule has 2 atom stereocenters. The third kappa shape index (κ3) is 5.43. The van der Waals surface area contributed by atoms with E-state index in [1.165, 1.54) is 0 Å². The van der Waals surface area contributed by atoms with Gasteiger partial charge in [0.05, 0.1) is 12.1 Å². The van der Waals surface area contributed by atoms with Crippen LogP contribution in [0, 0.1) is 0 Å². The van der Waals surface area contributed by atoms with E-state index in [9.17, 15) is 9.90 Å². The molecule has 0 rings (SSSR count). The molecular formula is C8H18N2O3. The number of aliphatic hydroxyl groups is 1. The van der Waals surface area contributed by atoms with E-state index in [0.717, 1.165) is 12.8 Å². The molecule has 0 unspecified atom stereocenters. The van der Waals surface area contributed by atoms with E-state index >= 15 is 0 Å². The van der Waals surface area contributed by atoms with Crippen LogP contribution in [-0.2, 0) is 0 Å². The van der Waals surface area contributed by atoms with Crippen molar-refractivity contribution in [3.05, 3.63) is 0 Å². The predicted molar refractivity (Wildman–Crippen MR) is 49.5 cm³/mol. The molecule has 0 bridgehead atoms. The number of amides is 1. The predicted octanol–water partition coefficient (Wildman–Crippen LogP) is 0.132. The van der Waals surface area contributed by atoms with Crippen molar-refractivity contribution in [2.75, 3.05) is 6.54 Å². The average molecular weight is 190 g/mol. The van der Waals surface area contributed by atoms with Crippen molar-refractivity contribution in [3.8, 4) is 0 Å². The molecule has 13 heavy (non-hydrogen) atoms. The van der Waals surface area contributed by atoms with Gasteiger partial charge in [-0.1, -0.05) is 19.8 Å². The first-order valence-corrected chi connectivity index (χ1v) is 4.49. The normalized spacial score (nSPS) is 15.0. The molecule has 0 aromatic carbocycles. The molecule has 5 heteroatoms. The Balaban J connectivity index is 3.94. The van der Waals surface area contributed by atoms with E-state index in [0.29, 0.717) is 6.42 Å². The van der Waals surface area contributed by atoms with Gasteiger partial charge in [-0.2, -0.15) is 0 Å². The molecule has 1 amide bonds. The van der Waals surface area contributed by atoms with E-state index in [1.807, 2.05) is 6.92 Å². The van der Waals surface area contributed by atoms with E-state index in [4.69, 9.17) is 10.8 Å². The van der Waals surface area contributed by atoms with Crippen LogP contribution in [-0.4, -0.2) is 35.0 Å². The summed E-state index contributed by atoms with van der Waals surface area (Å²) in [5.74, 6) is 0. The van der Waals surface area contributed by atoms with Crippen molar-refractivity contribution >= 4 is 6.09 Å². The van der Waals surface area contributed by atoms with Crippen LogP contribution in [0.5, 0.6) is 0 Å². The summed E-state index contributed by atoms with van der Waals surface area (Å²) in [4.78, 5) is 10.3. The number of hydrogen-bond donors (Lipinski definition) is 4. The van der Waals surface area contributed by atoms with E-state index in [1.54, 1.807) is 0 Å². The minimum atomic E-state index is -1.12. The summed E-state index contributed by atoms with van der Waals surface area (Å²) in [6.45, 7) is 2.08. The summed E-state index contributed by atoms with van der Waals surface area (Å²) in [5.41, 5.74) is 5.24. The zero-order valence-electron chi connectivity index (χ0n) is 7.86. The summed E-state index contributed by atoms with van der Waals surface area (Å²) in [5, 5.41) is 20.1. The van der Waals surface area contributed by atoms with Crippen LogP contribution in [0.1, 0.15) is 26.2 Å².